The standard InChI is InChI=1S/C40H25NS/c1-2-11-26(12-3-1)30-15-4-5-16-31(30)28-13-10-14-29(25-28)41-35-19-8-6-18-34(35)39-36(41)24-22-27-21-23-33-32-17-7-9-20-37(32)42-40(33)38(27)39/h1-25H. The average Bonchev–Trinajstić information content (AvgIpc) is 3.61. The second kappa shape index (κ2) is 9.17. The van der Waals surface area contributed by atoms with Crippen molar-refractivity contribution in [1.82, 2.24) is 4.57 Å². The molecule has 0 amide bonds. The van der Waals surface area contributed by atoms with Gasteiger partial charge in [-0.1, -0.05) is 121 Å². The predicted octanol–water partition coefficient (Wildman–Crippen LogP) is 11.6. The van der Waals surface area contributed by atoms with Crippen molar-refractivity contribution >= 4 is 64.1 Å². The first-order chi connectivity index (χ1) is 20.8. The van der Waals surface area contributed by atoms with Crippen molar-refractivity contribution in [2.45, 2.75) is 0 Å². The molecule has 0 N–H and O–H groups in total. The summed E-state index contributed by atoms with van der Waals surface area (Å²) in [6, 6.07) is 55.3. The van der Waals surface area contributed by atoms with Gasteiger partial charge in [-0.15, -0.1) is 11.3 Å². The molecule has 2 heterocycles. The highest BCUT2D eigenvalue weighted by Crippen LogP contribution is 2.44. The molecule has 1 nitrogen and oxygen atoms in total. The zero-order chi connectivity index (χ0) is 27.6. The first-order valence-corrected chi connectivity index (χ1v) is 15.2. The summed E-state index contributed by atoms with van der Waals surface area (Å²) in [5.74, 6) is 0. The van der Waals surface area contributed by atoms with Crippen molar-refractivity contribution in [3.05, 3.63) is 152 Å². The molecule has 0 bridgehead atoms. The summed E-state index contributed by atoms with van der Waals surface area (Å²) in [7, 11) is 0. The molecule has 0 aliphatic heterocycles. The van der Waals surface area contributed by atoms with E-state index in [1.54, 1.807) is 0 Å². The number of rotatable bonds is 3. The molecule has 7 aromatic carbocycles. The van der Waals surface area contributed by atoms with Crippen LogP contribution < -0.4 is 0 Å². The lowest BCUT2D eigenvalue weighted by molar-refractivity contribution is 1.18. The van der Waals surface area contributed by atoms with E-state index in [4.69, 9.17) is 0 Å². The van der Waals surface area contributed by atoms with Gasteiger partial charge < -0.3 is 4.57 Å². The van der Waals surface area contributed by atoms with Gasteiger partial charge >= 0.3 is 0 Å². The van der Waals surface area contributed by atoms with E-state index in [1.165, 1.54) is 80.7 Å². The van der Waals surface area contributed by atoms with Crippen LogP contribution in [0.1, 0.15) is 0 Å². The van der Waals surface area contributed by atoms with Crippen LogP contribution in [0.2, 0.25) is 0 Å². The van der Waals surface area contributed by atoms with E-state index in [0.29, 0.717) is 0 Å². The van der Waals surface area contributed by atoms with Crippen molar-refractivity contribution < 1.29 is 0 Å². The fraction of sp³-hybridized carbons (Fsp3) is 0. The lowest BCUT2D eigenvalue weighted by Crippen LogP contribution is -1.94. The highest BCUT2D eigenvalue weighted by Gasteiger charge is 2.18. The van der Waals surface area contributed by atoms with Gasteiger partial charge in [0.05, 0.1) is 11.0 Å². The fourth-order valence-electron chi connectivity index (χ4n) is 6.74. The molecule has 2 aromatic heterocycles. The highest BCUT2D eigenvalue weighted by molar-refractivity contribution is 7.26. The molecular formula is C40H25NS. The zero-order valence-corrected chi connectivity index (χ0v) is 23.6. The van der Waals surface area contributed by atoms with Gasteiger partial charge in [0.1, 0.15) is 0 Å². The Morgan fingerprint density at radius 3 is 2.00 bits per heavy atom. The number of benzene rings is 7. The summed E-state index contributed by atoms with van der Waals surface area (Å²) in [5, 5.41) is 7.94. The van der Waals surface area contributed by atoms with Crippen LogP contribution in [-0.2, 0) is 0 Å². The molecular weight excluding hydrogens is 527 g/mol. The second-order valence-electron chi connectivity index (χ2n) is 10.9. The summed E-state index contributed by atoms with van der Waals surface area (Å²) in [6.07, 6.45) is 0. The lowest BCUT2D eigenvalue weighted by Gasteiger charge is -2.13. The Balaban J connectivity index is 1.34. The van der Waals surface area contributed by atoms with Crippen LogP contribution in [0.25, 0.3) is 80.7 Å². The normalized spacial score (nSPS) is 11.8. The molecule has 0 saturated carbocycles. The number of thiophene rings is 1. The van der Waals surface area contributed by atoms with Crippen molar-refractivity contribution in [2.24, 2.45) is 0 Å². The minimum absolute atomic E-state index is 1.17. The first kappa shape index (κ1) is 23.5. The van der Waals surface area contributed by atoms with Crippen LogP contribution in [0.3, 0.4) is 0 Å². The van der Waals surface area contributed by atoms with Crippen molar-refractivity contribution in [1.29, 1.82) is 0 Å². The van der Waals surface area contributed by atoms with E-state index in [-0.39, 0.29) is 0 Å². The van der Waals surface area contributed by atoms with Crippen molar-refractivity contribution in [2.75, 3.05) is 0 Å². The quantitative estimate of drug-likeness (QED) is 0.206. The molecule has 0 spiro atoms. The summed E-state index contributed by atoms with van der Waals surface area (Å²) in [6.45, 7) is 0. The number of aromatic nitrogens is 1. The Bertz CT molecular complexity index is 2460. The van der Waals surface area contributed by atoms with E-state index in [1.807, 2.05) is 11.3 Å². The molecule has 0 fully saturated rings. The van der Waals surface area contributed by atoms with Crippen LogP contribution in [0.4, 0.5) is 0 Å². The smallest absolute Gasteiger partial charge is 0.0548 e. The number of hydrogen-bond donors (Lipinski definition) is 0. The maximum Gasteiger partial charge on any atom is 0.0548 e. The van der Waals surface area contributed by atoms with Crippen LogP contribution in [-0.4, -0.2) is 4.57 Å². The van der Waals surface area contributed by atoms with E-state index >= 15 is 0 Å². The average molecular weight is 552 g/mol. The predicted molar refractivity (Wildman–Crippen MR) is 182 cm³/mol. The third-order valence-electron chi connectivity index (χ3n) is 8.59. The number of hydrogen-bond acceptors (Lipinski definition) is 1. The monoisotopic (exact) mass is 551 g/mol. The van der Waals surface area contributed by atoms with Gasteiger partial charge in [-0.3, -0.25) is 0 Å². The molecule has 0 radical (unpaired) electrons. The minimum atomic E-state index is 1.17. The highest BCUT2D eigenvalue weighted by atomic mass is 32.1. The fourth-order valence-corrected chi connectivity index (χ4v) is 8.01. The molecule has 0 saturated heterocycles. The molecule has 0 atom stereocenters. The Morgan fingerprint density at radius 1 is 0.429 bits per heavy atom. The van der Waals surface area contributed by atoms with E-state index in [9.17, 15) is 0 Å². The number of fused-ring (bicyclic) bond motifs is 9. The third-order valence-corrected chi connectivity index (χ3v) is 9.79. The molecule has 0 aliphatic carbocycles. The van der Waals surface area contributed by atoms with Crippen LogP contribution >= 0.6 is 11.3 Å². The molecule has 9 aromatic rings. The summed E-state index contributed by atoms with van der Waals surface area (Å²) in [4.78, 5) is 0. The maximum atomic E-state index is 2.45. The van der Waals surface area contributed by atoms with Crippen molar-refractivity contribution in [3.8, 4) is 27.9 Å². The number of nitrogens with zero attached hydrogens (tertiary/aromatic N) is 1. The molecule has 2 heteroatoms. The van der Waals surface area contributed by atoms with Crippen LogP contribution in [0.15, 0.2) is 152 Å². The first-order valence-electron chi connectivity index (χ1n) is 14.4. The van der Waals surface area contributed by atoms with Gasteiger partial charge in [-0.2, -0.15) is 0 Å². The molecule has 0 unspecified atom stereocenters. The van der Waals surface area contributed by atoms with Gasteiger partial charge in [0.15, 0.2) is 0 Å². The van der Waals surface area contributed by atoms with E-state index < -0.39 is 0 Å². The lowest BCUT2D eigenvalue weighted by atomic mass is 9.94. The minimum Gasteiger partial charge on any atom is -0.309 e. The summed E-state index contributed by atoms with van der Waals surface area (Å²) >= 11 is 1.91. The van der Waals surface area contributed by atoms with Crippen molar-refractivity contribution in [3.63, 3.8) is 0 Å². The van der Waals surface area contributed by atoms with E-state index in [0.717, 1.165) is 0 Å². The zero-order valence-electron chi connectivity index (χ0n) is 22.8. The Hall–Kier alpha value is -5.18. The Kier molecular flexibility index (Phi) is 5.13. The molecule has 196 valence electrons. The Labute approximate surface area is 247 Å². The second-order valence-corrected chi connectivity index (χ2v) is 12.0. The van der Waals surface area contributed by atoms with Crippen LogP contribution in [0, 0.1) is 0 Å². The van der Waals surface area contributed by atoms with Gasteiger partial charge in [-0.05, 0) is 58.0 Å². The molecule has 42 heavy (non-hydrogen) atoms. The SMILES string of the molecule is c1ccc(-c2ccccc2-c2cccc(-n3c4ccccc4c4c5c(ccc6c7ccccc7sc65)ccc43)c2)cc1. The molecule has 9 rings (SSSR count). The number of para-hydroxylation sites is 1. The summed E-state index contributed by atoms with van der Waals surface area (Å²) in [5.41, 5.74) is 8.57. The topological polar surface area (TPSA) is 4.93 Å². The van der Waals surface area contributed by atoms with E-state index in [2.05, 4.69) is 156 Å². The van der Waals surface area contributed by atoms with Gasteiger partial charge in [0, 0.05) is 42.0 Å². The largest absolute Gasteiger partial charge is 0.309 e. The maximum absolute atomic E-state index is 2.45. The third kappa shape index (κ3) is 3.43. The summed E-state index contributed by atoms with van der Waals surface area (Å²) < 4.78 is 5.16. The van der Waals surface area contributed by atoms with Gasteiger partial charge in [-0.25, -0.2) is 0 Å². The Morgan fingerprint density at radius 2 is 1.12 bits per heavy atom. The van der Waals surface area contributed by atoms with Gasteiger partial charge in [0.25, 0.3) is 0 Å². The van der Waals surface area contributed by atoms with Crippen LogP contribution in [0.5, 0.6) is 0 Å². The molecule has 0 aliphatic rings. The van der Waals surface area contributed by atoms with Gasteiger partial charge in [0.2, 0.25) is 0 Å².